The van der Waals surface area contributed by atoms with Crippen LogP contribution in [0.5, 0.6) is 0 Å². The van der Waals surface area contributed by atoms with E-state index in [2.05, 4.69) is 93.2 Å². The first-order chi connectivity index (χ1) is 24.9. The summed E-state index contributed by atoms with van der Waals surface area (Å²) in [6.07, 6.45) is 8.61. The van der Waals surface area contributed by atoms with Gasteiger partial charge in [0.15, 0.2) is 0 Å². The zero-order chi connectivity index (χ0) is 34.8. The van der Waals surface area contributed by atoms with Gasteiger partial charge in [-0.3, -0.25) is 4.98 Å². The number of aromatic nitrogens is 4. The molecule has 5 aromatic carbocycles. The van der Waals surface area contributed by atoms with Crippen LogP contribution in [0.3, 0.4) is 0 Å². The van der Waals surface area contributed by atoms with Gasteiger partial charge in [-0.1, -0.05) is 89.8 Å². The van der Waals surface area contributed by atoms with Gasteiger partial charge in [0.1, 0.15) is 0 Å². The molecular weight excluding hydrogens is 781 g/mol. The largest absolute Gasteiger partial charge is 0.557 e. The molecule has 4 aromatic heterocycles. The predicted octanol–water partition coefficient (Wildman–Crippen LogP) is 10.6. The fourth-order valence-electron chi connectivity index (χ4n) is 5.79. The van der Waals surface area contributed by atoms with Crippen LogP contribution >= 0.6 is 0 Å². The van der Waals surface area contributed by atoms with Crippen molar-refractivity contribution in [1.82, 2.24) is 19.1 Å². The molecule has 4 heterocycles. The molecule has 9 rings (SSSR count). The van der Waals surface area contributed by atoms with E-state index in [1.165, 1.54) is 17.3 Å². The Morgan fingerprint density at radius 3 is 2.22 bits per heavy atom. The fraction of sp³-hybridized carbons (Fsp3) is 0.0233. The third-order valence-corrected chi connectivity index (χ3v) is 8.16. The van der Waals surface area contributed by atoms with Crippen LogP contribution in [0.15, 0.2) is 169 Å². The summed E-state index contributed by atoms with van der Waals surface area (Å²) in [4.78, 5) is 9.14. The maximum absolute atomic E-state index is 7.23. The minimum Gasteiger partial charge on any atom is -0.557 e. The number of hydrogen-bond acceptors (Lipinski definition) is 3. The van der Waals surface area contributed by atoms with Crippen molar-refractivity contribution in [2.24, 2.45) is 0 Å². The van der Waals surface area contributed by atoms with E-state index < -0.39 is 6.85 Å². The number of nitrogens with zero attached hydrogens (tertiary/aromatic N) is 4. The summed E-state index contributed by atoms with van der Waals surface area (Å²) in [5.41, 5.74) is 9.93. The molecule has 6 heteroatoms. The summed E-state index contributed by atoms with van der Waals surface area (Å²) in [7, 11) is 0. The Morgan fingerprint density at radius 1 is 0.714 bits per heavy atom. The Labute approximate surface area is 302 Å². The van der Waals surface area contributed by atoms with Gasteiger partial charge in [-0.15, -0.1) is 35.9 Å². The second kappa shape index (κ2) is 14.1. The van der Waals surface area contributed by atoms with Crippen molar-refractivity contribution in [3.63, 3.8) is 0 Å². The van der Waals surface area contributed by atoms with Gasteiger partial charge < -0.3 is 18.5 Å². The molecule has 1 radical (unpaired) electrons. The van der Waals surface area contributed by atoms with Crippen LogP contribution in [0.1, 0.15) is 9.68 Å². The van der Waals surface area contributed by atoms with Crippen LogP contribution in [0.2, 0.25) is 0 Å². The van der Waals surface area contributed by atoms with Crippen molar-refractivity contribution in [1.29, 1.82) is 0 Å². The smallest absolute Gasteiger partial charge is 0.0774 e. The van der Waals surface area contributed by atoms with Gasteiger partial charge in [0.25, 0.3) is 0 Å². The van der Waals surface area contributed by atoms with Gasteiger partial charge in [0, 0.05) is 66.0 Å². The number of imidazole rings is 1. The maximum atomic E-state index is 7.23. The van der Waals surface area contributed by atoms with Gasteiger partial charge in [0.05, 0.1) is 16.9 Å². The molecule has 0 aliphatic heterocycles. The standard InChI is InChI=1S/C31H20N3O.C12H10N.Ir/c1-2-8-22(9-3-1)23-12-14-24(15-13-23)34-29-11-5-4-10-28(29)32-31(34)27-21-35-30-17-16-25(20-26(27)30)33-18-6-7-19-33;1-10-7-8-12(13-9-10)11-5-3-2-4-6-11;/h1-20H;2-5,7-9H,1H3;/q2*-1;/i;1D3;. The Kier molecular flexibility index (Phi) is 8.14. The second-order valence-corrected chi connectivity index (χ2v) is 11.2. The second-order valence-electron chi connectivity index (χ2n) is 11.2. The van der Waals surface area contributed by atoms with Crippen molar-refractivity contribution < 1.29 is 28.6 Å². The molecule has 0 atom stereocenters. The van der Waals surface area contributed by atoms with E-state index in [9.17, 15) is 0 Å². The van der Waals surface area contributed by atoms with Crippen LogP contribution in [-0.2, 0) is 20.1 Å². The van der Waals surface area contributed by atoms with E-state index in [4.69, 9.17) is 13.5 Å². The minimum absolute atomic E-state index is 0. The SMILES string of the molecule is [2H]C([2H])([2H])c1ccc(-c2[c-]cccc2)nc1.[Ir].[c-]1oc2ccc(-n3cccc3)cc2c1-c1nc2ccccc2n1-c1ccc(-c2ccccc2)cc1. The monoisotopic (exact) mass is 814 g/mol. The van der Waals surface area contributed by atoms with Crippen molar-refractivity contribution >= 4 is 22.0 Å². The van der Waals surface area contributed by atoms with Crippen LogP contribution in [0.25, 0.3) is 67.1 Å². The van der Waals surface area contributed by atoms with Crippen molar-refractivity contribution in [3.8, 4) is 45.1 Å². The number of para-hydroxylation sites is 2. The Balaban J connectivity index is 0.000000209. The van der Waals surface area contributed by atoms with Gasteiger partial charge in [0.2, 0.25) is 0 Å². The molecule has 49 heavy (non-hydrogen) atoms. The van der Waals surface area contributed by atoms with Gasteiger partial charge in [-0.2, -0.15) is 0 Å². The van der Waals surface area contributed by atoms with E-state index in [0.29, 0.717) is 0 Å². The number of fused-ring (bicyclic) bond motifs is 2. The molecule has 0 N–H and O–H groups in total. The van der Waals surface area contributed by atoms with E-state index >= 15 is 0 Å². The van der Waals surface area contributed by atoms with Crippen LogP contribution < -0.4 is 0 Å². The normalized spacial score (nSPS) is 12.0. The molecule has 9 aromatic rings. The average Bonchev–Trinajstić information content (AvgIpc) is 3.95. The van der Waals surface area contributed by atoms with E-state index in [1.54, 1.807) is 18.2 Å². The molecule has 0 amide bonds. The van der Waals surface area contributed by atoms with E-state index in [1.807, 2.05) is 73.1 Å². The number of pyridine rings is 1. The number of furan rings is 1. The summed E-state index contributed by atoms with van der Waals surface area (Å²) < 4.78 is 31.8. The summed E-state index contributed by atoms with van der Waals surface area (Å²) in [5, 5.41) is 0.980. The topological polar surface area (TPSA) is 48.8 Å². The van der Waals surface area contributed by atoms with Gasteiger partial charge in [-0.05, 0) is 71.7 Å². The molecule has 0 unspecified atom stereocenters. The maximum Gasteiger partial charge on any atom is 0.0774 e. The predicted molar refractivity (Wildman–Crippen MR) is 193 cm³/mol. The van der Waals surface area contributed by atoms with Crippen molar-refractivity contribution in [3.05, 3.63) is 182 Å². The Bertz CT molecular complexity index is 2540. The summed E-state index contributed by atoms with van der Waals surface area (Å²) in [5.74, 6) is 0.807. The molecule has 0 aliphatic rings. The minimum atomic E-state index is -2.09. The quantitative estimate of drug-likeness (QED) is 0.163. The first-order valence-corrected chi connectivity index (χ1v) is 15.6. The number of rotatable bonds is 5. The molecule has 5 nitrogen and oxygen atoms in total. The third-order valence-electron chi connectivity index (χ3n) is 8.16. The summed E-state index contributed by atoms with van der Waals surface area (Å²) >= 11 is 0. The Morgan fingerprint density at radius 2 is 1.47 bits per heavy atom. The third kappa shape index (κ3) is 6.53. The van der Waals surface area contributed by atoms with E-state index in [-0.39, 0.29) is 25.7 Å². The first kappa shape index (κ1) is 28.2. The number of benzene rings is 5. The molecule has 0 spiro atoms. The molecule has 0 saturated heterocycles. The van der Waals surface area contributed by atoms with Gasteiger partial charge in [-0.25, -0.2) is 0 Å². The molecular formula is C43H30IrN4O-2. The van der Waals surface area contributed by atoms with Gasteiger partial charge >= 0.3 is 0 Å². The van der Waals surface area contributed by atoms with Crippen LogP contribution in [0.4, 0.5) is 0 Å². The number of hydrogen-bond donors (Lipinski definition) is 0. The number of aryl methyl sites for hydroxylation is 1. The molecule has 239 valence electrons. The molecule has 0 aliphatic carbocycles. The zero-order valence-corrected chi connectivity index (χ0v) is 28.5. The summed E-state index contributed by atoms with van der Waals surface area (Å²) in [6.45, 7) is -2.09. The Hall–Kier alpha value is -5.81. The average molecular weight is 814 g/mol. The van der Waals surface area contributed by atoms with E-state index in [0.717, 1.165) is 56.0 Å². The molecule has 0 fully saturated rings. The molecule has 0 saturated carbocycles. The zero-order valence-electron chi connectivity index (χ0n) is 29.1. The van der Waals surface area contributed by atoms with Crippen molar-refractivity contribution in [2.45, 2.75) is 6.85 Å². The van der Waals surface area contributed by atoms with Crippen LogP contribution in [-0.4, -0.2) is 19.1 Å². The fourth-order valence-corrected chi connectivity index (χ4v) is 5.79. The van der Waals surface area contributed by atoms with Crippen molar-refractivity contribution in [2.75, 3.05) is 0 Å². The summed E-state index contributed by atoms with van der Waals surface area (Å²) in [6, 6.07) is 51.2. The molecule has 0 bridgehead atoms. The van der Waals surface area contributed by atoms with Crippen LogP contribution in [0, 0.1) is 19.2 Å². The first-order valence-electron chi connectivity index (χ1n) is 17.1.